The quantitative estimate of drug-likeness (QED) is 0.695. The van der Waals surface area contributed by atoms with E-state index in [1.165, 1.54) is 0 Å². The van der Waals surface area contributed by atoms with Crippen LogP contribution in [0.5, 0.6) is 0 Å². The number of furan rings is 1. The van der Waals surface area contributed by atoms with Gasteiger partial charge in [-0.05, 0) is 57.5 Å². The molecule has 2 aromatic heterocycles. The van der Waals surface area contributed by atoms with Crippen molar-refractivity contribution in [3.63, 3.8) is 0 Å². The van der Waals surface area contributed by atoms with Crippen LogP contribution < -0.4 is 10.9 Å². The molecule has 0 aliphatic carbocycles. The minimum Gasteiger partial charge on any atom is -0.466 e. The number of aryl methyl sites for hydroxylation is 4. The number of hydrazine groups is 1. The lowest BCUT2D eigenvalue weighted by atomic mass is 10.1. The van der Waals surface area contributed by atoms with E-state index < -0.39 is 11.8 Å². The van der Waals surface area contributed by atoms with E-state index >= 15 is 0 Å². The normalized spacial score (nSPS) is 10.7. The van der Waals surface area contributed by atoms with Crippen LogP contribution >= 0.6 is 0 Å². The zero-order valence-electron chi connectivity index (χ0n) is 15.8. The molecule has 2 N–H and O–H groups in total. The predicted octanol–water partition coefficient (Wildman–Crippen LogP) is 2.83. The monoisotopic (exact) mass is 366 g/mol. The summed E-state index contributed by atoms with van der Waals surface area (Å²) < 4.78 is 7.22. The van der Waals surface area contributed by atoms with Gasteiger partial charge in [0.15, 0.2) is 0 Å². The molecule has 0 saturated carbocycles. The van der Waals surface area contributed by atoms with Gasteiger partial charge in [-0.3, -0.25) is 25.1 Å². The van der Waals surface area contributed by atoms with Gasteiger partial charge in [-0.2, -0.15) is 5.10 Å². The number of rotatable bonds is 4. The van der Waals surface area contributed by atoms with Crippen LogP contribution in [-0.2, 0) is 6.54 Å². The Bertz CT molecular complexity index is 1000. The first-order valence-corrected chi connectivity index (χ1v) is 8.61. The van der Waals surface area contributed by atoms with Gasteiger partial charge in [0, 0.05) is 11.3 Å². The van der Waals surface area contributed by atoms with Gasteiger partial charge in [0.1, 0.15) is 11.5 Å². The molecule has 7 nitrogen and oxygen atoms in total. The number of carbonyl (C=O) groups excluding carboxylic acids is 2. The summed E-state index contributed by atoms with van der Waals surface area (Å²) in [5, 5.41) is 4.43. The van der Waals surface area contributed by atoms with Crippen molar-refractivity contribution in [3.8, 4) is 0 Å². The van der Waals surface area contributed by atoms with Gasteiger partial charge in [0.05, 0.1) is 17.8 Å². The molecule has 2 heterocycles. The summed E-state index contributed by atoms with van der Waals surface area (Å²) in [7, 11) is 0. The maximum absolute atomic E-state index is 12.4. The first kappa shape index (κ1) is 18.4. The number of nitrogens with zero attached hydrogens (tertiary/aromatic N) is 2. The van der Waals surface area contributed by atoms with Crippen LogP contribution in [0.2, 0.25) is 0 Å². The highest BCUT2D eigenvalue weighted by atomic mass is 16.3. The SMILES string of the molecule is Cc1cc(C)n(Cc2cccc(C(=O)NNC(=O)c3cc(C)oc3C)c2)n1. The fraction of sp³-hybridized carbons (Fsp3) is 0.250. The molecule has 0 spiro atoms. The summed E-state index contributed by atoms with van der Waals surface area (Å²) in [6, 6.07) is 10.9. The van der Waals surface area contributed by atoms with Crippen molar-refractivity contribution in [2.75, 3.05) is 0 Å². The average molecular weight is 366 g/mol. The second kappa shape index (κ2) is 7.49. The molecule has 0 fully saturated rings. The van der Waals surface area contributed by atoms with Crippen LogP contribution in [0.3, 0.4) is 0 Å². The number of hydrogen-bond acceptors (Lipinski definition) is 4. The van der Waals surface area contributed by atoms with Crippen molar-refractivity contribution in [3.05, 3.63) is 76.0 Å². The topological polar surface area (TPSA) is 89.2 Å². The molecule has 0 aliphatic rings. The van der Waals surface area contributed by atoms with E-state index in [2.05, 4.69) is 16.0 Å². The number of carbonyl (C=O) groups is 2. The zero-order chi connectivity index (χ0) is 19.6. The van der Waals surface area contributed by atoms with Crippen LogP contribution in [0.1, 0.15) is 49.2 Å². The molecule has 0 aliphatic heterocycles. The first-order valence-electron chi connectivity index (χ1n) is 8.61. The van der Waals surface area contributed by atoms with Crippen molar-refractivity contribution in [2.24, 2.45) is 0 Å². The van der Waals surface area contributed by atoms with Crippen molar-refractivity contribution in [2.45, 2.75) is 34.2 Å². The summed E-state index contributed by atoms with van der Waals surface area (Å²) in [6.45, 7) is 7.97. The van der Waals surface area contributed by atoms with Gasteiger partial charge in [-0.15, -0.1) is 0 Å². The van der Waals surface area contributed by atoms with Gasteiger partial charge >= 0.3 is 0 Å². The summed E-state index contributed by atoms with van der Waals surface area (Å²) in [4.78, 5) is 24.5. The van der Waals surface area contributed by atoms with Crippen LogP contribution in [0.25, 0.3) is 0 Å². The van der Waals surface area contributed by atoms with Gasteiger partial charge in [-0.25, -0.2) is 0 Å². The van der Waals surface area contributed by atoms with E-state index in [9.17, 15) is 9.59 Å². The smallest absolute Gasteiger partial charge is 0.273 e. The number of nitrogens with one attached hydrogen (secondary N) is 2. The molecular weight excluding hydrogens is 344 g/mol. The second-order valence-electron chi connectivity index (χ2n) is 6.52. The molecule has 7 heteroatoms. The van der Waals surface area contributed by atoms with Crippen LogP contribution in [0.4, 0.5) is 0 Å². The molecule has 0 saturated heterocycles. The second-order valence-corrected chi connectivity index (χ2v) is 6.52. The van der Waals surface area contributed by atoms with Gasteiger partial charge in [0.2, 0.25) is 0 Å². The van der Waals surface area contributed by atoms with E-state index in [-0.39, 0.29) is 0 Å². The Kier molecular flexibility index (Phi) is 5.12. The molecular formula is C20H22N4O3. The number of benzene rings is 1. The average Bonchev–Trinajstić information content (AvgIpc) is 3.12. The van der Waals surface area contributed by atoms with Crippen molar-refractivity contribution in [1.82, 2.24) is 20.6 Å². The van der Waals surface area contributed by atoms with Crippen LogP contribution in [0.15, 0.2) is 40.8 Å². The Morgan fingerprint density at radius 1 is 1.04 bits per heavy atom. The lowest BCUT2D eigenvalue weighted by Crippen LogP contribution is -2.41. The number of aromatic nitrogens is 2. The fourth-order valence-corrected chi connectivity index (χ4v) is 2.93. The highest BCUT2D eigenvalue weighted by molar-refractivity contribution is 5.99. The maximum atomic E-state index is 12.4. The van der Waals surface area contributed by atoms with Crippen molar-refractivity contribution in [1.29, 1.82) is 0 Å². The Morgan fingerprint density at radius 3 is 2.41 bits per heavy atom. The molecule has 3 rings (SSSR count). The van der Waals surface area contributed by atoms with E-state index in [4.69, 9.17) is 4.42 Å². The highest BCUT2D eigenvalue weighted by Crippen LogP contribution is 2.13. The summed E-state index contributed by atoms with van der Waals surface area (Å²) in [5.74, 6) is 0.333. The summed E-state index contributed by atoms with van der Waals surface area (Å²) in [6.07, 6.45) is 0. The minimum absolute atomic E-state index is 0.392. The Balaban J connectivity index is 1.65. The highest BCUT2D eigenvalue weighted by Gasteiger charge is 2.15. The zero-order valence-corrected chi connectivity index (χ0v) is 15.8. The van der Waals surface area contributed by atoms with Crippen LogP contribution in [0, 0.1) is 27.7 Å². The fourth-order valence-electron chi connectivity index (χ4n) is 2.93. The third-order valence-electron chi connectivity index (χ3n) is 4.20. The Labute approximate surface area is 157 Å². The standard InChI is InChI=1S/C20H22N4O3/c1-12-8-13(2)24(23-12)11-16-6-5-7-17(10-16)19(25)21-22-20(26)18-9-14(3)27-15(18)4/h5-10H,11H2,1-4H3,(H,21,25)(H,22,26). The van der Waals surface area contributed by atoms with E-state index in [0.29, 0.717) is 29.2 Å². The summed E-state index contributed by atoms with van der Waals surface area (Å²) >= 11 is 0. The van der Waals surface area contributed by atoms with Crippen molar-refractivity contribution >= 4 is 11.8 Å². The molecule has 0 radical (unpaired) electrons. The number of amides is 2. The largest absolute Gasteiger partial charge is 0.466 e. The molecule has 140 valence electrons. The van der Waals surface area contributed by atoms with Gasteiger partial charge in [0.25, 0.3) is 11.8 Å². The minimum atomic E-state index is -0.420. The third-order valence-corrected chi connectivity index (χ3v) is 4.20. The lowest BCUT2D eigenvalue weighted by molar-refractivity contribution is 0.0845. The number of hydrogen-bond donors (Lipinski definition) is 2. The Hall–Kier alpha value is -3.35. The van der Waals surface area contributed by atoms with E-state index in [1.807, 2.05) is 30.7 Å². The first-order chi connectivity index (χ1) is 12.8. The van der Waals surface area contributed by atoms with E-state index in [0.717, 1.165) is 17.0 Å². The predicted molar refractivity (Wildman–Crippen MR) is 100 cm³/mol. The Morgan fingerprint density at radius 2 is 1.78 bits per heavy atom. The van der Waals surface area contributed by atoms with E-state index in [1.54, 1.807) is 38.1 Å². The molecule has 0 bridgehead atoms. The molecule has 0 unspecified atom stereocenters. The summed E-state index contributed by atoms with van der Waals surface area (Å²) in [5.41, 5.74) is 8.66. The van der Waals surface area contributed by atoms with Gasteiger partial charge in [-0.1, -0.05) is 12.1 Å². The van der Waals surface area contributed by atoms with Crippen molar-refractivity contribution < 1.29 is 14.0 Å². The lowest BCUT2D eigenvalue weighted by Gasteiger charge is -2.09. The molecule has 1 aromatic carbocycles. The molecule has 2 amide bonds. The molecule has 3 aromatic rings. The third kappa shape index (κ3) is 4.25. The molecule has 27 heavy (non-hydrogen) atoms. The maximum Gasteiger partial charge on any atom is 0.273 e. The van der Waals surface area contributed by atoms with Gasteiger partial charge < -0.3 is 4.42 Å². The van der Waals surface area contributed by atoms with Crippen LogP contribution in [-0.4, -0.2) is 21.6 Å². The molecule has 0 atom stereocenters.